The summed E-state index contributed by atoms with van der Waals surface area (Å²) in [5.74, 6) is -0.575. The number of rotatable bonds is 4. The second-order valence-electron chi connectivity index (χ2n) is 4.27. The quantitative estimate of drug-likeness (QED) is 0.590. The van der Waals surface area contributed by atoms with Crippen molar-refractivity contribution in [2.75, 3.05) is 5.32 Å². The Bertz CT molecular complexity index is 626. The topological polar surface area (TPSA) is 134 Å². The van der Waals surface area contributed by atoms with Crippen LogP contribution in [0.5, 0.6) is 11.5 Å². The number of aromatic nitrogens is 2. The van der Waals surface area contributed by atoms with Gasteiger partial charge in [0.1, 0.15) is 0 Å². The molecule has 5 N–H and O–H groups in total. The van der Waals surface area contributed by atoms with Crippen LogP contribution in [-0.2, 0) is 11.2 Å². The van der Waals surface area contributed by atoms with Gasteiger partial charge >= 0.3 is 6.01 Å². The number of hydrogen-bond acceptors (Lipinski definition) is 7. The SMILES string of the molecule is Cc1noc(NC(=O)[C@@H](N)Cc2ccc(O)c(O)c2)n1. The maximum absolute atomic E-state index is 11.8. The Morgan fingerprint density at radius 3 is 2.80 bits per heavy atom. The molecule has 8 heteroatoms. The summed E-state index contributed by atoms with van der Waals surface area (Å²) in [6.07, 6.45) is 0.187. The maximum atomic E-state index is 11.8. The number of aromatic hydroxyl groups is 2. The van der Waals surface area contributed by atoms with Crippen LogP contribution >= 0.6 is 0 Å². The molecule has 1 heterocycles. The Labute approximate surface area is 114 Å². The largest absolute Gasteiger partial charge is 0.504 e. The number of hydrogen-bond donors (Lipinski definition) is 4. The van der Waals surface area contributed by atoms with Crippen molar-refractivity contribution in [1.29, 1.82) is 0 Å². The summed E-state index contributed by atoms with van der Waals surface area (Å²) in [5, 5.41) is 24.5. The molecule has 1 amide bonds. The third-order valence-corrected chi connectivity index (χ3v) is 2.59. The first-order valence-corrected chi connectivity index (χ1v) is 5.83. The molecule has 2 aromatic rings. The van der Waals surface area contributed by atoms with Crippen molar-refractivity contribution in [3.8, 4) is 11.5 Å². The van der Waals surface area contributed by atoms with E-state index in [1.54, 1.807) is 13.0 Å². The van der Waals surface area contributed by atoms with E-state index in [-0.39, 0.29) is 23.9 Å². The minimum atomic E-state index is -0.855. The average Bonchev–Trinajstić information content (AvgIpc) is 2.79. The molecule has 0 aliphatic carbocycles. The molecule has 106 valence electrons. The van der Waals surface area contributed by atoms with Crippen LogP contribution in [0.2, 0.25) is 0 Å². The Balaban J connectivity index is 1.98. The van der Waals surface area contributed by atoms with Crippen LogP contribution < -0.4 is 11.1 Å². The maximum Gasteiger partial charge on any atom is 0.328 e. The number of phenols is 2. The smallest absolute Gasteiger partial charge is 0.328 e. The Morgan fingerprint density at radius 1 is 1.45 bits per heavy atom. The monoisotopic (exact) mass is 278 g/mol. The zero-order valence-corrected chi connectivity index (χ0v) is 10.7. The number of phenolic OH excluding ortho intramolecular Hbond substituents is 2. The summed E-state index contributed by atoms with van der Waals surface area (Å²) in [5.41, 5.74) is 6.36. The lowest BCUT2D eigenvalue weighted by Gasteiger charge is -2.10. The van der Waals surface area contributed by atoms with E-state index in [0.29, 0.717) is 11.4 Å². The molecule has 8 nitrogen and oxygen atoms in total. The standard InChI is InChI=1S/C12H14N4O4/c1-6-14-12(20-16-6)15-11(19)8(13)4-7-2-3-9(17)10(18)5-7/h2-3,5,8,17-18H,4,13H2,1H3,(H,14,15,16,19)/t8-/m0/s1. The molecule has 0 aliphatic rings. The summed E-state index contributed by atoms with van der Waals surface area (Å²) in [4.78, 5) is 15.6. The van der Waals surface area contributed by atoms with Crippen LogP contribution in [-0.4, -0.2) is 32.3 Å². The van der Waals surface area contributed by atoms with Crippen LogP contribution in [0, 0.1) is 6.92 Å². The molecule has 0 bridgehead atoms. The number of nitrogens with two attached hydrogens (primary N) is 1. The van der Waals surface area contributed by atoms with E-state index in [9.17, 15) is 15.0 Å². The van der Waals surface area contributed by atoms with Crippen molar-refractivity contribution < 1.29 is 19.5 Å². The molecule has 1 atom stereocenters. The predicted molar refractivity (Wildman–Crippen MR) is 69.1 cm³/mol. The molecule has 0 fully saturated rings. The molecule has 0 spiro atoms. The zero-order valence-electron chi connectivity index (χ0n) is 10.7. The van der Waals surface area contributed by atoms with Gasteiger partial charge in [0, 0.05) is 0 Å². The van der Waals surface area contributed by atoms with Crippen molar-refractivity contribution >= 4 is 11.9 Å². The molecule has 1 aromatic carbocycles. The third kappa shape index (κ3) is 3.23. The average molecular weight is 278 g/mol. The van der Waals surface area contributed by atoms with E-state index in [4.69, 9.17) is 10.3 Å². The molecule has 0 saturated heterocycles. The number of benzene rings is 1. The molecule has 20 heavy (non-hydrogen) atoms. The highest BCUT2D eigenvalue weighted by Gasteiger charge is 2.17. The van der Waals surface area contributed by atoms with Gasteiger partial charge in [-0.3, -0.25) is 10.1 Å². The van der Waals surface area contributed by atoms with Gasteiger partial charge in [0.15, 0.2) is 17.3 Å². The second-order valence-corrected chi connectivity index (χ2v) is 4.27. The molecule has 1 aromatic heterocycles. The first kappa shape index (κ1) is 13.8. The minimum absolute atomic E-state index is 0.0171. The van der Waals surface area contributed by atoms with Gasteiger partial charge in [0.25, 0.3) is 0 Å². The first-order chi connectivity index (χ1) is 9.45. The number of anilines is 1. The van der Waals surface area contributed by atoms with Crippen molar-refractivity contribution in [2.24, 2.45) is 5.73 Å². The van der Waals surface area contributed by atoms with E-state index in [1.165, 1.54) is 12.1 Å². The number of amides is 1. The van der Waals surface area contributed by atoms with E-state index < -0.39 is 11.9 Å². The predicted octanol–water partition coefficient (Wildman–Crippen LogP) is 0.298. The normalized spacial score (nSPS) is 12.1. The summed E-state index contributed by atoms with van der Waals surface area (Å²) in [6.45, 7) is 1.62. The second kappa shape index (κ2) is 5.57. The number of nitrogens with zero attached hydrogens (tertiary/aromatic N) is 2. The molecular weight excluding hydrogens is 264 g/mol. The number of aryl methyl sites for hydroxylation is 1. The van der Waals surface area contributed by atoms with E-state index in [0.717, 1.165) is 0 Å². The highest BCUT2D eigenvalue weighted by atomic mass is 16.5. The van der Waals surface area contributed by atoms with Crippen molar-refractivity contribution in [3.05, 3.63) is 29.6 Å². The fraction of sp³-hybridized carbons (Fsp3) is 0.250. The van der Waals surface area contributed by atoms with E-state index >= 15 is 0 Å². The first-order valence-electron chi connectivity index (χ1n) is 5.83. The molecular formula is C12H14N4O4. The van der Waals surface area contributed by atoms with Gasteiger partial charge in [0.05, 0.1) is 6.04 Å². The van der Waals surface area contributed by atoms with Crippen molar-refractivity contribution in [3.63, 3.8) is 0 Å². The third-order valence-electron chi connectivity index (χ3n) is 2.59. The van der Waals surface area contributed by atoms with Crippen LogP contribution in [0.15, 0.2) is 22.7 Å². The van der Waals surface area contributed by atoms with E-state index in [2.05, 4.69) is 15.5 Å². The van der Waals surface area contributed by atoms with Gasteiger partial charge in [-0.25, -0.2) is 0 Å². The van der Waals surface area contributed by atoms with Gasteiger partial charge in [-0.15, -0.1) is 0 Å². The Morgan fingerprint density at radius 2 is 2.20 bits per heavy atom. The van der Waals surface area contributed by atoms with E-state index in [1.807, 2.05) is 0 Å². The Hall–Kier alpha value is -2.61. The molecule has 0 aliphatic heterocycles. The van der Waals surface area contributed by atoms with Gasteiger partial charge in [0.2, 0.25) is 5.91 Å². The molecule has 0 radical (unpaired) electrons. The molecule has 0 unspecified atom stereocenters. The summed E-state index contributed by atoms with van der Waals surface area (Å²) in [6, 6.07) is 3.37. The summed E-state index contributed by atoms with van der Waals surface area (Å²) < 4.78 is 4.75. The zero-order chi connectivity index (χ0) is 14.7. The van der Waals surface area contributed by atoms with Gasteiger partial charge in [-0.05, 0) is 31.0 Å². The molecule has 0 saturated carbocycles. The van der Waals surface area contributed by atoms with Crippen LogP contribution in [0.4, 0.5) is 6.01 Å². The summed E-state index contributed by atoms with van der Waals surface area (Å²) in [7, 11) is 0. The fourth-order valence-corrected chi connectivity index (χ4v) is 1.59. The van der Waals surface area contributed by atoms with Crippen LogP contribution in [0.1, 0.15) is 11.4 Å². The number of carbonyl (C=O) groups is 1. The fourth-order valence-electron chi connectivity index (χ4n) is 1.59. The molecule has 2 rings (SSSR count). The van der Waals surface area contributed by atoms with Crippen LogP contribution in [0.3, 0.4) is 0 Å². The highest BCUT2D eigenvalue weighted by Crippen LogP contribution is 2.25. The lowest BCUT2D eigenvalue weighted by atomic mass is 10.1. The van der Waals surface area contributed by atoms with Gasteiger partial charge < -0.3 is 20.5 Å². The van der Waals surface area contributed by atoms with Gasteiger partial charge in [-0.2, -0.15) is 4.98 Å². The van der Waals surface area contributed by atoms with Gasteiger partial charge in [-0.1, -0.05) is 11.2 Å². The van der Waals surface area contributed by atoms with Crippen molar-refractivity contribution in [1.82, 2.24) is 10.1 Å². The van der Waals surface area contributed by atoms with Crippen LogP contribution in [0.25, 0.3) is 0 Å². The lowest BCUT2D eigenvalue weighted by molar-refractivity contribution is -0.117. The highest BCUT2D eigenvalue weighted by molar-refractivity contribution is 5.93. The minimum Gasteiger partial charge on any atom is -0.504 e. The number of nitrogens with one attached hydrogen (secondary N) is 1. The lowest BCUT2D eigenvalue weighted by Crippen LogP contribution is -2.37. The van der Waals surface area contributed by atoms with Crippen molar-refractivity contribution in [2.45, 2.75) is 19.4 Å². The Kier molecular flexibility index (Phi) is 3.85. The number of carbonyl (C=O) groups excluding carboxylic acids is 1. The summed E-state index contributed by atoms with van der Waals surface area (Å²) >= 11 is 0.